The number of aliphatic hydroxyl groups is 1. The van der Waals surface area contributed by atoms with Crippen molar-refractivity contribution in [3.63, 3.8) is 0 Å². The molecular weight excluding hydrogens is 333 g/mol. The molecule has 1 atom stereocenters. The molecule has 0 aliphatic carbocycles. The van der Waals surface area contributed by atoms with Gasteiger partial charge in [-0.3, -0.25) is 4.79 Å². The van der Waals surface area contributed by atoms with Gasteiger partial charge in [-0.15, -0.1) is 0 Å². The van der Waals surface area contributed by atoms with Crippen LogP contribution in [0.1, 0.15) is 22.9 Å². The quantitative estimate of drug-likeness (QED) is 0.737. The van der Waals surface area contributed by atoms with Crippen molar-refractivity contribution < 1.29 is 14.2 Å². The Morgan fingerprint density at radius 1 is 1.08 bits per heavy atom. The van der Waals surface area contributed by atoms with E-state index in [1.807, 2.05) is 30.3 Å². The molecule has 26 heavy (non-hydrogen) atoms. The molecule has 1 N–H and O–H groups in total. The van der Waals surface area contributed by atoms with E-state index in [4.69, 9.17) is 4.74 Å². The number of hydrogen-bond donors (Lipinski definition) is 1. The predicted molar refractivity (Wildman–Crippen MR) is 97.6 cm³/mol. The SMILES string of the molecule is Cc1c(OCc2ccccc2)c(=O)ccn1C[C@@H](O)c1ccccc1F. The van der Waals surface area contributed by atoms with E-state index < -0.39 is 11.9 Å². The molecule has 4 nitrogen and oxygen atoms in total. The van der Waals surface area contributed by atoms with Crippen molar-refractivity contribution in [2.24, 2.45) is 0 Å². The number of aliphatic hydroxyl groups excluding tert-OH is 1. The zero-order valence-electron chi connectivity index (χ0n) is 14.4. The Morgan fingerprint density at radius 3 is 2.50 bits per heavy atom. The van der Waals surface area contributed by atoms with Gasteiger partial charge in [-0.2, -0.15) is 0 Å². The summed E-state index contributed by atoms with van der Waals surface area (Å²) in [4.78, 5) is 12.2. The maximum atomic E-state index is 13.9. The lowest BCUT2D eigenvalue weighted by Gasteiger charge is -2.18. The molecule has 5 heteroatoms. The summed E-state index contributed by atoms with van der Waals surface area (Å²) in [5, 5.41) is 10.4. The number of ether oxygens (including phenoxy) is 1. The summed E-state index contributed by atoms with van der Waals surface area (Å²) in [7, 11) is 0. The highest BCUT2D eigenvalue weighted by atomic mass is 19.1. The molecule has 0 spiro atoms. The lowest BCUT2D eigenvalue weighted by molar-refractivity contribution is 0.150. The molecule has 0 saturated carbocycles. The minimum atomic E-state index is -1.03. The van der Waals surface area contributed by atoms with Crippen molar-refractivity contribution in [2.75, 3.05) is 0 Å². The van der Waals surface area contributed by atoms with Crippen molar-refractivity contribution in [2.45, 2.75) is 26.2 Å². The molecule has 0 fully saturated rings. The summed E-state index contributed by atoms with van der Waals surface area (Å²) in [6.07, 6.45) is 0.552. The maximum Gasteiger partial charge on any atom is 0.223 e. The molecule has 3 rings (SSSR count). The van der Waals surface area contributed by atoms with Crippen molar-refractivity contribution in [1.82, 2.24) is 4.57 Å². The molecule has 3 aromatic rings. The normalized spacial score (nSPS) is 12.0. The molecule has 0 unspecified atom stereocenters. The third-order valence-electron chi connectivity index (χ3n) is 4.25. The molecule has 2 aromatic carbocycles. The molecule has 1 aromatic heterocycles. The van der Waals surface area contributed by atoms with Gasteiger partial charge in [0, 0.05) is 17.8 Å². The molecule has 0 aliphatic heterocycles. The van der Waals surface area contributed by atoms with Crippen molar-refractivity contribution >= 4 is 0 Å². The first-order chi connectivity index (χ1) is 12.6. The van der Waals surface area contributed by atoms with Crippen LogP contribution in [0.2, 0.25) is 0 Å². The lowest BCUT2D eigenvalue weighted by atomic mass is 10.1. The van der Waals surface area contributed by atoms with Crippen LogP contribution < -0.4 is 10.2 Å². The van der Waals surface area contributed by atoms with Crippen LogP contribution in [0.5, 0.6) is 5.75 Å². The largest absolute Gasteiger partial charge is 0.483 e. The summed E-state index contributed by atoms with van der Waals surface area (Å²) in [6.45, 7) is 2.14. The van der Waals surface area contributed by atoms with Gasteiger partial charge in [-0.05, 0) is 18.6 Å². The fraction of sp³-hybridized carbons (Fsp3) is 0.190. The average Bonchev–Trinajstić information content (AvgIpc) is 2.65. The van der Waals surface area contributed by atoms with E-state index in [0.717, 1.165) is 5.56 Å². The van der Waals surface area contributed by atoms with Gasteiger partial charge in [0.15, 0.2) is 5.75 Å². The second kappa shape index (κ2) is 7.97. The number of nitrogens with zero attached hydrogens (tertiary/aromatic N) is 1. The van der Waals surface area contributed by atoms with E-state index in [-0.39, 0.29) is 29.9 Å². The average molecular weight is 353 g/mol. The van der Waals surface area contributed by atoms with Gasteiger partial charge in [0.25, 0.3) is 0 Å². The first kappa shape index (κ1) is 17.9. The van der Waals surface area contributed by atoms with E-state index in [0.29, 0.717) is 5.69 Å². The standard InChI is InChI=1S/C21H20FNO3/c1-15-21(26-14-16-7-3-2-4-8-16)19(24)11-12-23(15)13-20(25)17-9-5-6-10-18(17)22/h2-12,20,25H,13-14H2,1H3/t20-/m1/s1. The molecule has 0 saturated heterocycles. The molecule has 0 bridgehead atoms. The maximum absolute atomic E-state index is 13.9. The molecule has 0 aliphatic rings. The summed E-state index contributed by atoms with van der Waals surface area (Å²) in [6, 6.07) is 17.0. The number of rotatable bonds is 6. The van der Waals surface area contributed by atoms with Gasteiger partial charge < -0.3 is 14.4 Å². The second-order valence-corrected chi connectivity index (χ2v) is 6.06. The highest BCUT2D eigenvalue weighted by molar-refractivity contribution is 5.28. The van der Waals surface area contributed by atoms with Crippen LogP contribution in [0.3, 0.4) is 0 Å². The molecule has 134 valence electrons. The highest BCUT2D eigenvalue weighted by Gasteiger charge is 2.15. The fourth-order valence-electron chi connectivity index (χ4n) is 2.79. The zero-order chi connectivity index (χ0) is 18.5. The van der Waals surface area contributed by atoms with Gasteiger partial charge in [-0.1, -0.05) is 48.5 Å². The van der Waals surface area contributed by atoms with Gasteiger partial charge in [0.05, 0.1) is 18.3 Å². The number of hydrogen-bond acceptors (Lipinski definition) is 3. The molecular formula is C21H20FNO3. The van der Waals surface area contributed by atoms with Crippen LogP contribution in [0.4, 0.5) is 4.39 Å². The molecule has 0 radical (unpaired) electrons. The Morgan fingerprint density at radius 2 is 1.77 bits per heavy atom. The predicted octanol–water partition coefficient (Wildman–Crippen LogP) is 3.61. The first-order valence-electron chi connectivity index (χ1n) is 8.35. The minimum absolute atomic E-state index is 0.120. The monoisotopic (exact) mass is 353 g/mol. The summed E-state index contributed by atoms with van der Waals surface area (Å²) >= 11 is 0. The van der Waals surface area contributed by atoms with E-state index in [1.54, 1.807) is 35.9 Å². The van der Waals surface area contributed by atoms with E-state index in [1.165, 1.54) is 12.1 Å². The van der Waals surface area contributed by atoms with Crippen LogP contribution >= 0.6 is 0 Å². The van der Waals surface area contributed by atoms with E-state index in [2.05, 4.69) is 0 Å². The van der Waals surface area contributed by atoms with E-state index >= 15 is 0 Å². The summed E-state index contributed by atoms with van der Waals surface area (Å²) in [5.41, 5.74) is 1.53. The number of benzene rings is 2. The Bertz CT molecular complexity index is 937. The van der Waals surface area contributed by atoms with E-state index in [9.17, 15) is 14.3 Å². The van der Waals surface area contributed by atoms with Crippen LogP contribution in [-0.2, 0) is 13.2 Å². The van der Waals surface area contributed by atoms with Crippen molar-refractivity contribution in [3.05, 3.63) is 99.7 Å². The zero-order valence-corrected chi connectivity index (χ0v) is 14.4. The Balaban J connectivity index is 1.81. The first-order valence-corrected chi connectivity index (χ1v) is 8.35. The molecule has 1 heterocycles. The Hall–Kier alpha value is -2.92. The summed E-state index contributed by atoms with van der Waals surface area (Å²) < 4.78 is 21.3. The topological polar surface area (TPSA) is 51.5 Å². The number of halogens is 1. The number of pyridine rings is 1. The second-order valence-electron chi connectivity index (χ2n) is 6.06. The third kappa shape index (κ3) is 4.00. The third-order valence-corrected chi connectivity index (χ3v) is 4.25. The summed E-state index contributed by atoms with van der Waals surface area (Å²) in [5.74, 6) is -0.226. The highest BCUT2D eigenvalue weighted by Crippen LogP contribution is 2.21. The Kier molecular flexibility index (Phi) is 5.49. The fourth-order valence-corrected chi connectivity index (χ4v) is 2.79. The minimum Gasteiger partial charge on any atom is -0.483 e. The van der Waals surface area contributed by atoms with Crippen molar-refractivity contribution in [3.8, 4) is 5.75 Å². The van der Waals surface area contributed by atoms with Crippen LogP contribution in [0.25, 0.3) is 0 Å². The van der Waals surface area contributed by atoms with Gasteiger partial charge in [0.2, 0.25) is 5.43 Å². The van der Waals surface area contributed by atoms with Gasteiger partial charge in [-0.25, -0.2) is 4.39 Å². The van der Waals surface area contributed by atoms with Crippen LogP contribution in [-0.4, -0.2) is 9.67 Å². The van der Waals surface area contributed by atoms with Crippen LogP contribution in [0, 0.1) is 12.7 Å². The smallest absolute Gasteiger partial charge is 0.223 e. The molecule has 0 amide bonds. The van der Waals surface area contributed by atoms with Gasteiger partial charge >= 0.3 is 0 Å². The van der Waals surface area contributed by atoms with Crippen molar-refractivity contribution in [1.29, 1.82) is 0 Å². The lowest BCUT2D eigenvalue weighted by Crippen LogP contribution is -2.18. The Labute approximate surface area is 151 Å². The number of aromatic nitrogens is 1. The van der Waals surface area contributed by atoms with Gasteiger partial charge in [0.1, 0.15) is 12.4 Å². The van der Waals surface area contributed by atoms with Crippen LogP contribution in [0.15, 0.2) is 71.7 Å².